The molecule has 1 atom stereocenters. The van der Waals surface area contributed by atoms with E-state index in [2.05, 4.69) is 34.7 Å². The lowest BCUT2D eigenvalue weighted by Crippen LogP contribution is -2.28. The van der Waals surface area contributed by atoms with Gasteiger partial charge in [0.05, 0.1) is 11.3 Å². The van der Waals surface area contributed by atoms with Crippen molar-refractivity contribution in [2.75, 3.05) is 13.1 Å². The van der Waals surface area contributed by atoms with Gasteiger partial charge in [-0.05, 0) is 49.1 Å². The Balaban J connectivity index is 0.000000948. The summed E-state index contributed by atoms with van der Waals surface area (Å²) in [6.45, 7) is 6.17. The first-order chi connectivity index (χ1) is 12.7. The first-order valence-corrected chi connectivity index (χ1v) is 9.31. The summed E-state index contributed by atoms with van der Waals surface area (Å²) in [5.41, 5.74) is 8.88. The van der Waals surface area contributed by atoms with Crippen molar-refractivity contribution in [3.8, 4) is 5.69 Å². The zero-order valence-corrected chi connectivity index (χ0v) is 15.4. The molecular weight excluding hydrogens is 324 g/mol. The molecular formula is C21H26N4O. The molecule has 3 N–H and O–H groups in total. The van der Waals surface area contributed by atoms with E-state index in [4.69, 9.17) is 5.73 Å². The zero-order valence-electron chi connectivity index (χ0n) is 15.4. The van der Waals surface area contributed by atoms with Crippen molar-refractivity contribution in [3.05, 3.63) is 59.8 Å². The van der Waals surface area contributed by atoms with Gasteiger partial charge in [0.1, 0.15) is 5.52 Å². The molecule has 1 fully saturated rings. The number of aromatic nitrogens is 2. The van der Waals surface area contributed by atoms with Crippen LogP contribution in [0.3, 0.4) is 0 Å². The molecule has 0 aliphatic carbocycles. The van der Waals surface area contributed by atoms with Crippen molar-refractivity contribution in [3.63, 3.8) is 0 Å². The molecule has 136 valence electrons. The van der Waals surface area contributed by atoms with E-state index < -0.39 is 5.91 Å². The van der Waals surface area contributed by atoms with E-state index in [0.29, 0.717) is 17.0 Å². The van der Waals surface area contributed by atoms with Crippen molar-refractivity contribution >= 4 is 16.8 Å². The maximum Gasteiger partial charge on any atom is 0.250 e. The molecule has 1 aromatic heterocycles. The fourth-order valence-electron chi connectivity index (χ4n) is 3.41. The van der Waals surface area contributed by atoms with Gasteiger partial charge in [0.25, 0.3) is 5.91 Å². The van der Waals surface area contributed by atoms with E-state index >= 15 is 0 Å². The van der Waals surface area contributed by atoms with Crippen LogP contribution in [0.1, 0.15) is 48.5 Å². The second kappa shape index (κ2) is 8.15. The highest BCUT2D eigenvalue weighted by atomic mass is 16.1. The van der Waals surface area contributed by atoms with E-state index in [1.54, 1.807) is 10.7 Å². The Labute approximate surface area is 154 Å². The third-order valence-electron chi connectivity index (χ3n) is 4.73. The summed E-state index contributed by atoms with van der Waals surface area (Å²) in [6, 6.07) is 14.0. The average molecular weight is 350 g/mol. The Morgan fingerprint density at radius 3 is 2.62 bits per heavy atom. The second-order valence-corrected chi connectivity index (χ2v) is 6.32. The quantitative estimate of drug-likeness (QED) is 0.758. The van der Waals surface area contributed by atoms with Gasteiger partial charge in [-0.3, -0.25) is 4.79 Å². The zero-order chi connectivity index (χ0) is 18.5. The Bertz CT molecular complexity index is 877. The lowest BCUT2D eigenvalue weighted by Gasteiger charge is -2.23. The number of nitrogens with two attached hydrogens (primary N) is 1. The molecule has 1 saturated heterocycles. The molecule has 0 unspecified atom stereocenters. The van der Waals surface area contributed by atoms with Crippen LogP contribution in [0.25, 0.3) is 16.6 Å². The summed E-state index contributed by atoms with van der Waals surface area (Å²) < 4.78 is 1.81. The number of carbonyl (C=O) groups excluding carboxylic acids is 1. The molecule has 4 rings (SSSR count). The third kappa shape index (κ3) is 3.63. The summed E-state index contributed by atoms with van der Waals surface area (Å²) in [5.74, 6) is 0.136. The van der Waals surface area contributed by atoms with Crippen LogP contribution in [0, 0.1) is 0 Å². The number of primary amides is 1. The first-order valence-electron chi connectivity index (χ1n) is 9.31. The molecule has 2 heterocycles. The summed E-state index contributed by atoms with van der Waals surface area (Å²) in [7, 11) is 0. The standard InChI is InChI=1S/C19H20N4O.C2H6/c20-19(24)17-5-1-3-15-12-23(22-18(15)17)16-8-6-13(7-9-16)14-4-2-10-21-11-14;1-2/h1,3,5-9,12,14,21H,2,4,10-11H2,(H2,20,24);1-2H3/t14-;/m1./s1. The smallest absolute Gasteiger partial charge is 0.250 e. The van der Waals surface area contributed by atoms with Gasteiger partial charge in [-0.15, -0.1) is 0 Å². The van der Waals surface area contributed by atoms with Crippen LogP contribution in [0.4, 0.5) is 0 Å². The minimum atomic E-state index is -0.453. The van der Waals surface area contributed by atoms with Gasteiger partial charge in [-0.25, -0.2) is 4.68 Å². The number of fused-ring (bicyclic) bond motifs is 1. The van der Waals surface area contributed by atoms with Crippen LogP contribution in [-0.2, 0) is 0 Å². The molecule has 0 spiro atoms. The minimum absolute atomic E-state index is 0.453. The molecule has 0 saturated carbocycles. The molecule has 0 bridgehead atoms. The number of hydrogen-bond acceptors (Lipinski definition) is 3. The topological polar surface area (TPSA) is 72.9 Å². The van der Waals surface area contributed by atoms with E-state index in [-0.39, 0.29) is 0 Å². The third-order valence-corrected chi connectivity index (χ3v) is 4.73. The predicted molar refractivity (Wildman–Crippen MR) is 106 cm³/mol. The van der Waals surface area contributed by atoms with Crippen molar-refractivity contribution in [1.29, 1.82) is 0 Å². The molecule has 5 heteroatoms. The fourth-order valence-corrected chi connectivity index (χ4v) is 3.41. The minimum Gasteiger partial charge on any atom is -0.366 e. The fraction of sp³-hybridized carbons (Fsp3) is 0.333. The molecule has 1 amide bonds. The summed E-state index contributed by atoms with van der Waals surface area (Å²) in [5, 5.41) is 8.91. The summed E-state index contributed by atoms with van der Waals surface area (Å²) in [4.78, 5) is 11.5. The van der Waals surface area contributed by atoms with E-state index in [1.165, 1.54) is 18.4 Å². The lowest BCUT2D eigenvalue weighted by molar-refractivity contribution is 0.100. The first kappa shape index (κ1) is 18.1. The molecule has 1 aliphatic heterocycles. The number of nitrogens with zero attached hydrogens (tertiary/aromatic N) is 2. The number of carbonyl (C=O) groups is 1. The maximum absolute atomic E-state index is 11.5. The van der Waals surface area contributed by atoms with Crippen molar-refractivity contribution in [2.24, 2.45) is 5.73 Å². The van der Waals surface area contributed by atoms with Gasteiger partial charge >= 0.3 is 0 Å². The Hall–Kier alpha value is -2.66. The van der Waals surface area contributed by atoms with Gasteiger partial charge < -0.3 is 11.1 Å². The van der Waals surface area contributed by atoms with Crippen LogP contribution < -0.4 is 11.1 Å². The molecule has 26 heavy (non-hydrogen) atoms. The van der Waals surface area contributed by atoms with Crippen LogP contribution in [0.15, 0.2) is 48.7 Å². The number of benzene rings is 2. The number of piperidine rings is 1. The Morgan fingerprint density at radius 1 is 1.19 bits per heavy atom. The SMILES string of the molecule is CC.NC(=O)c1cccc2cn(-c3ccc([C@@H]4CCCNC4)cc3)nc12. The number of amides is 1. The second-order valence-electron chi connectivity index (χ2n) is 6.32. The van der Waals surface area contributed by atoms with Crippen molar-refractivity contribution < 1.29 is 4.79 Å². The van der Waals surface area contributed by atoms with Gasteiger partial charge in [0.2, 0.25) is 0 Å². The number of rotatable bonds is 3. The van der Waals surface area contributed by atoms with Crippen molar-refractivity contribution in [1.82, 2.24) is 15.1 Å². The highest BCUT2D eigenvalue weighted by Gasteiger charge is 2.15. The van der Waals surface area contributed by atoms with Crippen LogP contribution in [0.2, 0.25) is 0 Å². The van der Waals surface area contributed by atoms with Crippen LogP contribution in [-0.4, -0.2) is 28.8 Å². The van der Waals surface area contributed by atoms with E-state index in [0.717, 1.165) is 24.2 Å². The van der Waals surface area contributed by atoms with Crippen molar-refractivity contribution in [2.45, 2.75) is 32.6 Å². The highest BCUT2D eigenvalue weighted by Crippen LogP contribution is 2.25. The Morgan fingerprint density at radius 2 is 1.96 bits per heavy atom. The molecule has 1 aliphatic rings. The predicted octanol–water partition coefficient (Wildman–Crippen LogP) is 3.62. The summed E-state index contributed by atoms with van der Waals surface area (Å²) in [6.07, 6.45) is 4.39. The van der Waals surface area contributed by atoms with Crippen LogP contribution >= 0.6 is 0 Å². The molecule has 5 nitrogen and oxygen atoms in total. The normalized spacial score (nSPS) is 16.8. The van der Waals surface area contributed by atoms with Gasteiger partial charge in [-0.1, -0.05) is 38.1 Å². The van der Waals surface area contributed by atoms with E-state index in [9.17, 15) is 4.79 Å². The Kier molecular flexibility index (Phi) is 5.68. The molecule has 2 aromatic carbocycles. The maximum atomic E-state index is 11.5. The number of nitrogens with one attached hydrogen (secondary N) is 1. The lowest BCUT2D eigenvalue weighted by atomic mass is 9.92. The largest absolute Gasteiger partial charge is 0.366 e. The number of hydrogen-bond donors (Lipinski definition) is 2. The average Bonchev–Trinajstić information content (AvgIpc) is 3.14. The molecule has 0 radical (unpaired) electrons. The monoisotopic (exact) mass is 350 g/mol. The summed E-state index contributed by atoms with van der Waals surface area (Å²) >= 11 is 0. The highest BCUT2D eigenvalue weighted by molar-refractivity contribution is 6.04. The van der Waals surface area contributed by atoms with E-state index in [1.807, 2.05) is 32.2 Å². The van der Waals surface area contributed by atoms with Crippen LogP contribution in [0.5, 0.6) is 0 Å². The van der Waals surface area contributed by atoms with Gasteiger partial charge in [-0.2, -0.15) is 5.10 Å². The molecule has 3 aromatic rings. The van der Waals surface area contributed by atoms with Gasteiger partial charge in [0, 0.05) is 18.1 Å². The van der Waals surface area contributed by atoms with Gasteiger partial charge in [0.15, 0.2) is 0 Å².